The summed E-state index contributed by atoms with van der Waals surface area (Å²) in [6.07, 6.45) is 16.5. The van der Waals surface area contributed by atoms with Crippen LogP contribution in [-0.2, 0) is 6.42 Å². The molecule has 0 aliphatic heterocycles. The molecule has 0 N–H and O–H groups in total. The molecule has 3 aromatic rings. The Labute approximate surface area is 205 Å². The maximum Gasteiger partial charge on any atom is 0.138 e. The molecule has 0 heterocycles. The Balaban J connectivity index is 1.30. The first-order valence-electron chi connectivity index (χ1n) is 13.5. The normalized spacial score (nSPS) is 18.3. The molecule has 1 aliphatic carbocycles. The van der Waals surface area contributed by atoms with Crippen molar-refractivity contribution in [2.45, 2.75) is 84.0 Å². The van der Waals surface area contributed by atoms with Crippen molar-refractivity contribution in [2.24, 2.45) is 11.8 Å². The molecule has 1 nitrogen and oxygen atoms in total. The predicted molar refractivity (Wildman–Crippen MR) is 143 cm³/mol. The molecular formula is C32H41FO. The zero-order valence-electron chi connectivity index (χ0n) is 21.1. The van der Waals surface area contributed by atoms with Crippen LogP contribution in [0.3, 0.4) is 0 Å². The summed E-state index contributed by atoms with van der Waals surface area (Å²) in [5.74, 6) is 2.48. The second-order valence-electron chi connectivity index (χ2n) is 10.3. The highest BCUT2D eigenvalue weighted by Gasteiger charge is 2.20. The number of fused-ring (bicyclic) bond motifs is 1. The van der Waals surface area contributed by atoms with Crippen molar-refractivity contribution < 1.29 is 9.13 Å². The number of ether oxygens (including phenoxy) is 1. The average Bonchev–Trinajstić information content (AvgIpc) is 2.88. The molecule has 34 heavy (non-hydrogen) atoms. The minimum atomic E-state index is -0.137. The van der Waals surface area contributed by atoms with Crippen LogP contribution >= 0.6 is 0 Å². The van der Waals surface area contributed by atoms with E-state index in [9.17, 15) is 0 Å². The molecule has 0 spiro atoms. The quantitative estimate of drug-likeness (QED) is 0.259. The number of halogens is 1. The van der Waals surface area contributed by atoms with Gasteiger partial charge in [-0.25, -0.2) is 4.39 Å². The fourth-order valence-corrected chi connectivity index (χ4v) is 5.71. The molecule has 0 unspecified atom stereocenters. The van der Waals surface area contributed by atoms with E-state index < -0.39 is 0 Å². The minimum Gasteiger partial charge on any atom is -0.497 e. The summed E-state index contributed by atoms with van der Waals surface area (Å²) < 4.78 is 20.5. The summed E-state index contributed by atoms with van der Waals surface area (Å²) in [6.45, 7) is 2.29. The van der Waals surface area contributed by atoms with Gasteiger partial charge in [0.2, 0.25) is 0 Å². The second-order valence-corrected chi connectivity index (χ2v) is 10.3. The predicted octanol–water partition coefficient (Wildman–Crippen LogP) is 9.75. The second kappa shape index (κ2) is 12.4. The van der Waals surface area contributed by atoms with Gasteiger partial charge in [-0.3, -0.25) is 0 Å². The number of rotatable bonds is 11. The number of hydrogen-bond donors (Lipinski definition) is 0. The molecule has 182 valence electrons. The van der Waals surface area contributed by atoms with Gasteiger partial charge in [-0.2, -0.15) is 0 Å². The van der Waals surface area contributed by atoms with Crippen LogP contribution in [0.15, 0.2) is 54.6 Å². The molecule has 4 rings (SSSR count). The largest absolute Gasteiger partial charge is 0.497 e. The van der Waals surface area contributed by atoms with Crippen molar-refractivity contribution in [3.63, 3.8) is 0 Å². The van der Waals surface area contributed by atoms with E-state index in [1.165, 1.54) is 76.2 Å². The van der Waals surface area contributed by atoms with E-state index in [-0.39, 0.29) is 5.82 Å². The summed E-state index contributed by atoms with van der Waals surface area (Å²) in [7, 11) is 1.64. The van der Waals surface area contributed by atoms with Crippen molar-refractivity contribution in [1.29, 1.82) is 0 Å². The van der Waals surface area contributed by atoms with E-state index >= 15 is 4.39 Å². The summed E-state index contributed by atoms with van der Waals surface area (Å²) >= 11 is 0. The van der Waals surface area contributed by atoms with Gasteiger partial charge in [0.05, 0.1) is 7.11 Å². The summed E-state index contributed by atoms with van der Waals surface area (Å²) in [4.78, 5) is 0. The zero-order chi connectivity index (χ0) is 23.8. The Bertz CT molecular complexity index is 1030. The van der Waals surface area contributed by atoms with Gasteiger partial charge in [0, 0.05) is 10.9 Å². The van der Waals surface area contributed by atoms with Gasteiger partial charge in [-0.15, -0.1) is 0 Å². The maximum absolute atomic E-state index is 15.3. The monoisotopic (exact) mass is 460 g/mol. The molecule has 0 bridgehead atoms. The maximum atomic E-state index is 15.3. The summed E-state index contributed by atoms with van der Waals surface area (Å²) in [6, 6.07) is 17.9. The molecule has 3 aromatic carbocycles. The minimum absolute atomic E-state index is 0.137. The number of methoxy groups -OCH3 is 1. The lowest BCUT2D eigenvalue weighted by Gasteiger charge is -2.28. The molecular weight excluding hydrogens is 419 g/mol. The van der Waals surface area contributed by atoms with Gasteiger partial charge >= 0.3 is 0 Å². The van der Waals surface area contributed by atoms with Crippen LogP contribution in [0.2, 0.25) is 0 Å². The lowest BCUT2D eigenvalue weighted by molar-refractivity contribution is 0.249. The number of unbranched alkanes of at least 4 members (excludes halogenated alkanes) is 4. The lowest BCUT2D eigenvalue weighted by atomic mass is 9.77. The SMILES string of the molecule is CCCCCCCC1CCC(CCc2ccc3c(F)c(-c4ccc(OC)cc4)ccc3c2)CC1. The van der Waals surface area contributed by atoms with E-state index in [1.807, 2.05) is 36.4 Å². The van der Waals surface area contributed by atoms with Crippen molar-refractivity contribution in [3.05, 3.63) is 66.0 Å². The van der Waals surface area contributed by atoms with Crippen LogP contribution in [0, 0.1) is 17.7 Å². The molecule has 0 saturated heterocycles. The Kier molecular flexibility index (Phi) is 9.02. The molecule has 0 radical (unpaired) electrons. The van der Waals surface area contributed by atoms with Crippen LogP contribution in [-0.4, -0.2) is 7.11 Å². The van der Waals surface area contributed by atoms with Gasteiger partial charge in [0.25, 0.3) is 0 Å². The zero-order valence-corrected chi connectivity index (χ0v) is 21.1. The van der Waals surface area contributed by atoms with Crippen LogP contribution in [0.5, 0.6) is 5.75 Å². The van der Waals surface area contributed by atoms with E-state index in [0.29, 0.717) is 10.9 Å². The first kappa shape index (κ1) is 24.8. The van der Waals surface area contributed by atoms with Gasteiger partial charge in [-0.1, -0.05) is 114 Å². The third-order valence-corrected chi connectivity index (χ3v) is 7.94. The van der Waals surface area contributed by atoms with E-state index in [2.05, 4.69) is 25.1 Å². The third-order valence-electron chi connectivity index (χ3n) is 7.94. The number of aryl methyl sites for hydroxylation is 1. The standard InChI is InChI=1S/C32H41FO/c1-3-4-5-6-7-8-24-9-11-25(12-10-24)13-14-26-15-21-31-28(23-26)18-22-30(32(31)33)27-16-19-29(34-2)20-17-27/h15-25H,3-14H2,1-2H3. The molecule has 0 atom stereocenters. The first-order valence-corrected chi connectivity index (χ1v) is 13.5. The summed E-state index contributed by atoms with van der Waals surface area (Å²) in [5, 5.41) is 1.70. The van der Waals surface area contributed by atoms with Crippen molar-refractivity contribution >= 4 is 10.8 Å². The van der Waals surface area contributed by atoms with Gasteiger partial charge in [0.15, 0.2) is 0 Å². The fourth-order valence-electron chi connectivity index (χ4n) is 5.71. The Morgan fingerprint density at radius 3 is 2.21 bits per heavy atom. The van der Waals surface area contributed by atoms with Crippen LogP contribution in [0.25, 0.3) is 21.9 Å². The molecule has 1 aliphatic rings. The highest BCUT2D eigenvalue weighted by molar-refractivity contribution is 5.88. The van der Waals surface area contributed by atoms with Crippen molar-refractivity contribution in [1.82, 2.24) is 0 Å². The molecule has 0 aromatic heterocycles. The van der Waals surface area contributed by atoms with Crippen LogP contribution < -0.4 is 4.74 Å². The third kappa shape index (κ3) is 6.40. The molecule has 1 saturated carbocycles. The average molecular weight is 461 g/mol. The molecule has 0 amide bonds. The van der Waals surface area contributed by atoms with Gasteiger partial charge < -0.3 is 4.74 Å². The van der Waals surface area contributed by atoms with Gasteiger partial charge in [0.1, 0.15) is 11.6 Å². The Hall–Kier alpha value is -2.35. The van der Waals surface area contributed by atoms with E-state index in [4.69, 9.17) is 4.74 Å². The van der Waals surface area contributed by atoms with Crippen molar-refractivity contribution in [3.8, 4) is 16.9 Å². The first-order chi connectivity index (χ1) is 16.7. The Morgan fingerprint density at radius 2 is 1.50 bits per heavy atom. The van der Waals surface area contributed by atoms with Gasteiger partial charge in [-0.05, 0) is 53.3 Å². The van der Waals surface area contributed by atoms with Crippen LogP contribution in [0.4, 0.5) is 4.39 Å². The van der Waals surface area contributed by atoms with Crippen LogP contribution in [0.1, 0.15) is 83.1 Å². The topological polar surface area (TPSA) is 9.23 Å². The lowest BCUT2D eigenvalue weighted by Crippen LogP contribution is -2.15. The Morgan fingerprint density at radius 1 is 0.794 bits per heavy atom. The molecule has 2 heteroatoms. The molecule has 1 fully saturated rings. The van der Waals surface area contributed by atoms with E-state index in [1.54, 1.807) is 7.11 Å². The van der Waals surface area contributed by atoms with E-state index in [0.717, 1.165) is 35.0 Å². The smallest absolute Gasteiger partial charge is 0.138 e. The number of hydrogen-bond acceptors (Lipinski definition) is 1. The fraction of sp³-hybridized carbons (Fsp3) is 0.500. The highest BCUT2D eigenvalue weighted by Crippen LogP contribution is 2.35. The summed E-state index contributed by atoms with van der Waals surface area (Å²) in [5.41, 5.74) is 2.85. The number of benzene rings is 3. The van der Waals surface area contributed by atoms with Crippen molar-refractivity contribution in [2.75, 3.05) is 7.11 Å². The highest BCUT2D eigenvalue weighted by atomic mass is 19.1.